The summed E-state index contributed by atoms with van der Waals surface area (Å²) in [6.07, 6.45) is 4.26. The monoisotopic (exact) mass is 214 g/mol. The molecule has 0 atom stereocenters. The lowest BCUT2D eigenvalue weighted by atomic mass is 10.2. The third kappa shape index (κ3) is 1.94. The average Bonchev–Trinajstić information content (AvgIpc) is 3.07. The van der Waals surface area contributed by atoms with Crippen LogP contribution in [0, 0.1) is 0 Å². The van der Waals surface area contributed by atoms with Gasteiger partial charge in [-0.05, 0) is 18.4 Å². The molecule has 0 saturated heterocycles. The molecule has 0 bridgehead atoms. The van der Waals surface area contributed by atoms with Crippen LogP contribution >= 0.6 is 0 Å². The molecule has 2 aromatic rings. The number of benzene rings is 1. The van der Waals surface area contributed by atoms with Gasteiger partial charge in [0.15, 0.2) is 0 Å². The fraction of sp³-hybridized carbons (Fsp3) is 0.308. The summed E-state index contributed by atoms with van der Waals surface area (Å²) in [6, 6.07) is 12.7. The van der Waals surface area contributed by atoms with Crippen molar-refractivity contribution in [3.8, 4) is 5.88 Å². The second-order valence-electron chi connectivity index (χ2n) is 4.12. The molecule has 0 amide bonds. The van der Waals surface area contributed by atoms with Crippen LogP contribution in [-0.4, -0.2) is 9.78 Å². The topological polar surface area (TPSA) is 27.1 Å². The molecule has 16 heavy (non-hydrogen) atoms. The number of ether oxygens (including phenoxy) is 1. The summed E-state index contributed by atoms with van der Waals surface area (Å²) < 4.78 is 7.75. The SMILES string of the molecule is c1ccc(COc2ccnn2C2CC2)cc1. The average molecular weight is 214 g/mol. The normalized spacial score (nSPS) is 15.0. The van der Waals surface area contributed by atoms with Gasteiger partial charge in [0.05, 0.1) is 12.2 Å². The lowest BCUT2D eigenvalue weighted by molar-refractivity contribution is 0.272. The van der Waals surface area contributed by atoms with Crippen molar-refractivity contribution < 1.29 is 4.74 Å². The highest BCUT2D eigenvalue weighted by atomic mass is 16.5. The van der Waals surface area contributed by atoms with Crippen LogP contribution in [0.4, 0.5) is 0 Å². The van der Waals surface area contributed by atoms with Crippen LogP contribution in [0.2, 0.25) is 0 Å². The van der Waals surface area contributed by atoms with Gasteiger partial charge in [-0.3, -0.25) is 0 Å². The predicted molar refractivity (Wildman–Crippen MR) is 61.3 cm³/mol. The van der Waals surface area contributed by atoms with E-state index in [4.69, 9.17) is 4.74 Å². The molecule has 0 spiro atoms. The van der Waals surface area contributed by atoms with E-state index in [-0.39, 0.29) is 0 Å². The van der Waals surface area contributed by atoms with Crippen molar-refractivity contribution in [3.05, 3.63) is 48.2 Å². The summed E-state index contributed by atoms with van der Waals surface area (Å²) >= 11 is 0. The second kappa shape index (κ2) is 4.00. The van der Waals surface area contributed by atoms with Crippen molar-refractivity contribution in [1.29, 1.82) is 0 Å². The molecule has 3 heteroatoms. The number of hydrogen-bond donors (Lipinski definition) is 0. The third-order valence-electron chi connectivity index (χ3n) is 2.76. The second-order valence-corrected chi connectivity index (χ2v) is 4.12. The van der Waals surface area contributed by atoms with Crippen molar-refractivity contribution in [2.75, 3.05) is 0 Å². The maximum absolute atomic E-state index is 5.76. The van der Waals surface area contributed by atoms with Gasteiger partial charge in [0.1, 0.15) is 6.61 Å². The highest BCUT2D eigenvalue weighted by Crippen LogP contribution is 2.37. The van der Waals surface area contributed by atoms with Gasteiger partial charge in [-0.1, -0.05) is 30.3 Å². The van der Waals surface area contributed by atoms with Crippen LogP contribution in [0.1, 0.15) is 24.4 Å². The summed E-state index contributed by atoms with van der Waals surface area (Å²) in [5.74, 6) is 0.881. The number of rotatable bonds is 4. The van der Waals surface area contributed by atoms with Gasteiger partial charge in [0, 0.05) is 6.07 Å². The maximum Gasteiger partial charge on any atom is 0.212 e. The molecule has 1 aromatic carbocycles. The molecule has 0 N–H and O–H groups in total. The molecule has 1 aliphatic rings. The van der Waals surface area contributed by atoms with Crippen molar-refractivity contribution in [2.45, 2.75) is 25.5 Å². The Bertz CT molecular complexity index is 460. The van der Waals surface area contributed by atoms with E-state index in [9.17, 15) is 0 Å². The Hall–Kier alpha value is -1.77. The minimum atomic E-state index is 0.570. The molecular formula is C13H14N2O. The minimum Gasteiger partial charge on any atom is -0.473 e. The van der Waals surface area contributed by atoms with E-state index in [1.165, 1.54) is 18.4 Å². The van der Waals surface area contributed by atoms with Crippen molar-refractivity contribution in [3.63, 3.8) is 0 Å². The molecule has 82 valence electrons. The van der Waals surface area contributed by atoms with E-state index in [1.54, 1.807) is 6.20 Å². The van der Waals surface area contributed by atoms with E-state index in [2.05, 4.69) is 17.2 Å². The first-order chi connectivity index (χ1) is 7.93. The van der Waals surface area contributed by atoms with E-state index < -0.39 is 0 Å². The first-order valence-corrected chi connectivity index (χ1v) is 5.64. The lowest BCUT2D eigenvalue weighted by Crippen LogP contribution is -2.03. The Morgan fingerprint density at radius 3 is 2.75 bits per heavy atom. The zero-order valence-electron chi connectivity index (χ0n) is 9.04. The molecule has 3 nitrogen and oxygen atoms in total. The van der Waals surface area contributed by atoms with Crippen LogP contribution in [0.3, 0.4) is 0 Å². The highest BCUT2D eigenvalue weighted by molar-refractivity contribution is 5.16. The molecule has 1 saturated carbocycles. The molecule has 1 aromatic heterocycles. The van der Waals surface area contributed by atoms with Crippen LogP contribution in [0.5, 0.6) is 5.88 Å². The Balaban J connectivity index is 1.68. The van der Waals surface area contributed by atoms with Crippen molar-refractivity contribution >= 4 is 0 Å². The molecular weight excluding hydrogens is 200 g/mol. The predicted octanol–water partition coefficient (Wildman–Crippen LogP) is 2.80. The van der Waals surface area contributed by atoms with Gasteiger partial charge in [-0.25, -0.2) is 4.68 Å². The summed E-state index contributed by atoms with van der Waals surface area (Å²) in [6.45, 7) is 0.610. The van der Waals surface area contributed by atoms with E-state index in [0.29, 0.717) is 12.6 Å². The Labute approximate surface area is 94.7 Å². The fourth-order valence-electron chi connectivity index (χ4n) is 1.74. The molecule has 0 aliphatic heterocycles. The smallest absolute Gasteiger partial charge is 0.212 e. The molecule has 1 fully saturated rings. The largest absolute Gasteiger partial charge is 0.473 e. The number of aromatic nitrogens is 2. The third-order valence-corrected chi connectivity index (χ3v) is 2.76. The van der Waals surface area contributed by atoms with Gasteiger partial charge in [-0.2, -0.15) is 5.10 Å². The van der Waals surface area contributed by atoms with Gasteiger partial charge < -0.3 is 4.74 Å². The van der Waals surface area contributed by atoms with Gasteiger partial charge in [-0.15, -0.1) is 0 Å². The number of hydrogen-bond acceptors (Lipinski definition) is 2. The molecule has 1 heterocycles. The zero-order valence-corrected chi connectivity index (χ0v) is 9.04. The van der Waals surface area contributed by atoms with E-state index >= 15 is 0 Å². The highest BCUT2D eigenvalue weighted by Gasteiger charge is 2.26. The van der Waals surface area contributed by atoms with Gasteiger partial charge >= 0.3 is 0 Å². The van der Waals surface area contributed by atoms with Crippen LogP contribution in [0.15, 0.2) is 42.6 Å². The number of nitrogens with zero attached hydrogens (tertiary/aromatic N) is 2. The zero-order chi connectivity index (χ0) is 10.8. The standard InChI is InChI=1S/C13H14N2O/c1-2-4-11(5-3-1)10-16-13-8-9-14-15(13)12-6-7-12/h1-5,8-9,12H,6-7,10H2. The molecule has 0 unspecified atom stereocenters. The Kier molecular flexibility index (Phi) is 2.37. The van der Waals surface area contributed by atoms with Crippen molar-refractivity contribution in [1.82, 2.24) is 9.78 Å². The summed E-state index contributed by atoms with van der Waals surface area (Å²) in [4.78, 5) is 0. The van der Waals surface area contributed by atoms with E-state index in [1.807, 2.05) is 28.9 Å². The quantitative estimate of drug-likeness (QED) is 0.782. The Morgan fingerprint density at radius 2 is 2.00 bits per heavy atom. The van der Waals surface area contributed by atoms with Gasteiger partial charge in [0.2, 0.25) is 5.88 Å². The first kappa shape index (κ1) is 9.46. The molecule has 3 rings (SSSR count). The summed E-state index contributed by atoms with van der Waals surface area (Å²) in [5, 5.41) is 4.28. The Morgan fingerprint density at radius 1 is 1.19 bits per heavy atom. The summed E-state index contributed by atoms with van der Waals surface area (Å²) in [7, 11) is 0. The minimum absolute atomic E-state index is 0.570. The fourth-order valence-corrected chi connectivity index (χ4v) is 1.74. The first-order valence-electron chi connectivity index (χ1n) is 5.64. The lowest BCUT2D eigenvalue weighted by Gasteiger charge is -2.08. The maximum atomic E-state index is 5.76. The van der Waals surface area contributed by atoms with Crippen LogP contribution in [-0.2, 0) is 6.61 Å². The van der Waals surface area contributed by atoms with Gasteiger partial charge in [0.25, 0.3) is 0 Å². The van der Waals surface area contributed by atoms with Crippen LogP contribution in [0.25, 0.3) is 0 Å². The van der Waals surface area contributed by atoms with Crippen LogP contribution < -0.4 is 4.74 Å². The summed E-state index contributed by atoms with van der Waals surface area (Å²) in [5.41, 5.74) is 1.19. The molecule has 1 aliphatic carbocycles. The van der Waals surface area contributed by atoms with Crippen molar-refractivity contribution in [2.24, 2.45) is 0 Å². The van der Waals surface area contributed by atoms with E-state index in [0.717, 1.165) is 5.88 Å². The molecule has 0 radical (unpaired) electrons.